The van der Waals surface area contributed by atoms with Gasteiger partial charge in [-0.3, -0.25) is 10.1 Å². The van der Waals surface area contributed by atoms with Crippen LogP contribution >= 0.6 is 23.4 Å². The second-order valence-corrected chi connectivity index (χ2v) is 8.56. The van der Waals surface area contributed by atoms with E-state index in [2.05, 4.69) is 41.5 Å². The fourth-order valence-electron chi connectivity index (χ4n) is 2.95. The molecule has 0 radical (unpaired) electrons. The van der Waals surface area contributed by atoms with Crippen LogP contribution in [0.4, 0.5) is 0 Å². The summed E-state index contributed by atoms with van der Waals surface area (Å²) < 4.78 is 5.87. The second-order valence-electron chi connectivity index (χ2n) is 7.16. The zero-order valence-corrected chi connectivity index (χ0v) is 18.5. The third-order valence-electron chi connectivity index (χ3n) is 4.65. The van der Waals surface area contributed by atoms with Gasteiger partial charge in [0.2, 0.25) is 0 Å². The lowest BCUT2D eigenvalue weighted by atomic mass is 10.2. The Balaban J connectivity index is 1.40. The number of rotatable bonds is 6. The van der Waals surface area contributed by atoms with E-state index in [0.29, 0.717) is 22.5 Å². The van der Waals surface area contributed by atoms with Crippen LogP contribution in [0, 0.1) is 6.92 Å². The molecule has 4 rings (SSSR count). The van der Waals surface area contributed by atoms with E-state index in [1.54, 1.807) is 6.08 Å². The fourth-order valence-corrected chi connectivity index (χ4v) is 3.90. The van der Waals surface area contributed by atoms with Crippen LogP contribution in [0.3, 0.4) is 0 Å². The molecule has 3 aromatic carbocycles. The van der Waals surface area contributed by atoms with E-state index in [4.69, 9.17) is 16.3 Å². The third kappa shape index (κ3) is 6.00. The lowest BCUT2D eigenvalue weighted by molar-refractivity contribution is -0.115. The monoisotopic (exact) mass is 448 g/mol. The Morgan fingerprint density at radius 1 is 1.03 bits per heavy atom. The molecule has 1 N–H and O–H groups in total. The fraction of sp³-hybridized carbons (Fsp3) is 0.120. The Morgan fingerprint density at radius 3 is 2.55 bits per heavy atom. The highest BCUT2D eigenvalue weighted by atomic mass is 35.5. The minimum absolute atomic E-state index is 0.195. The number of nitrogens with one attached hydrogen (secondary N) is 1. The van der Waals surface area contributed by atoms with Gasteiger partial charge in [0, 0.05) is 10.8 Å². The summed E-state index contributed by atoms with van der Waals surface area (Å²) in [5, 5.41) is 4.15. The van der Waals surface area contributed by atoms with E-state index in [0.717, 1.165) is 22.6 Å². The van der Waals surface area contributed by atoms with Gasteiger partial charge in [0.05, 0.1) is 0 Å². The molecule has 0 aromatic heterocycles. The summed E-state index contributed by atoms with van der Waals surface area (Å²) in [6.07, 6.45) is 1.77. The van der Waals surface area contributed by atoms with Crippen LogP contribution in [0.25, 0.3) is 6.08 Å². The molecule has 31 heavy (non-hydrogen) atoms. The first-order chi connectivity index (χ1) is 15.0. The van der Waals surface area contributed by atoms with Crippen molar-refractivity contribution >= 4 is 40.5 Å². The predicted octanol–water partition coefficient (Wildman–Crippen LogP) is 5.99. The molecule has 1 aliphatic rings. The number of aliphatic imine (C=N–C) groups is 1. The number of ether oxygens (including phenoxy) is 1. The Morgan fingerprint density at radius 2 is 1.77 bits per heavy atom. The van der Waals surface area contributed by atoms with Crippen LogP contribution in [-0.4, -0.2) is 11.1 Å². The number of thioether (sulfide) groups is 1. The zero-order chi connectivity index (χ0) is 21.6. The Bertz CT molecular complexity index is 1140. The highest BCUT2D eigenvalue weighted by Gasteiger charge is 2.20. The van der Waals surface area contributed by atoms with Gasteiger partial charge in [-0.25, -0.2) is 4.99 Å². The van der Waals surface area contributed by atoms with Crippen molar-refractivity contribution in [1.29, 1.82) is 0 Å². The van der Waals surface area contributed by atoms with Crippen LogP contribution < -0.4 is 10.1 Å². The number of hydrogen-bond donors (Lipinski definition) is 1. The Kier molecular flexibility index (Phi) is 6.75. The lowest BCUT2D eigenvalue weighted by Crippen LogP contribution is -2.21. The molecule has 4 nitrogen and oxygen atoms in total. The molecule has 0 aliphatic carbocycles. The normalized spacial score (nSPS) is 14.5. The number of amides is 1. The maximum atomic E-state index is 12.3. The molecule has 0 unspecified atom stereocenters. The molecule has 0 spiro atoms. The van der Waals surface area contributed by atoms with E-state index in [1.165, 1.54) is 22.9 Å². The van der Waals surface area contributed by atoms with Gasteiger partial charge in [-0.15, -0.1) is 0 Å². The van der Waals surface area contributed by atoms with E-state index in [1.807, 2.05) is 48.5 Å². The van der Waals surface area contributed by atoms with Crippen LogP contribution in [0.15, 0.2) is 83.5 Å². The smallest absolute Gasteiger partial charge is 0.275 e. The van der Waals surface area contributed by atoms with Crippen molar-refractivity contribution in [3.63, 3.8) is 0 Å². The molecule has 6 heteroatoms. The number of carbonyl (C=O) groups is 1. The molecule has 156 valence electrons. The maximum Gasteiger partial charge on any atom is 0.275 e. The van der Waals surface area contributed by atoms with Gasteiger partial charge in [-0.2, -0.15) is 0 Å². The number of halogens is 1. The van der Waals surface area contributed by atoms with Crippen molar-refractivity contribution in [1.82, 2.24) is 5.32 Å². The van der Waals surface area contributed by atoms with Crippen LogP contribution in [-0.2, 0) is 17.2 Å². The van der Waals surface area contributed by atoms with E-state index in [-0.39, 0.29) is 5.91 Å². The van der Waals surface area contributed by atoms with Crippen molar-refractivity contribution < 1.29 is 9.53 Å². The highest BCUT2D eigenvalue weighted by Crippen LogP contribution is 2.22. The van der Waals surface area contributed by atoms with Crippen LogP contribution in [0.5, 0.6) is 5.75 Å². The van der Waals surface area contributed by atoms with E-state index in [9.17, 15) is 4.79 Å². The van der Waals surface area contributed by atoms with Crippen LogP contribution in [0.2, 0.25) is 5.02 Å². The minimum atomic E-state index is -0.195. The average Bonchev–Trinajstić information content (AvgIpc) is 3.12. The summed E-state index contributed by atoms with van der Waals surface area (Å²) >= 11 is 7.43. The van der Waals surface area contributed by atoms with Gasteiger partial charge in [0.25, 0.3) is 5.91 Å². The average molecular weight is 449 g/mol. The van der Waals surface area contributed by atoms with Crippen LogP contribution in [0.1, 0.15) is 22.3 Å². The lowest BCUT2D eigenvalue weighted by Gasteiger charge is -2.07. The third-order valence-corrected chi connectivity index (χ3v) is 5.85. The highest BCUT2D eigenvalue weighted by molar-refractivity contribution is 8.13. The number of carbonyl (C=O) groups excluding carboxylic acids is 1. The molecule has 3 aromatic rings. The Hall–Kier alpha value is -3.02. The molecule has 1 amide bonds. The van der Waals surface area contributed by atoms with Crippen molar-refractivity contribution in [3.05, 3.63) is 106 Å². The van der Waals surface area contributed by atoms with Crippen molar-refractivity contribution in [3.8, 4) is 5.75 Å². The largest absolute Gasteiger partial charge is 0.489 e. The summed E-state index contributed by atoms with van der Waals surface area (Å²) in [4.78, 5) is 16.8. The van der Waals surface area contributed by atoms with Gasteiger partial charge in [0.1, 0.15) is 18.1 Å². The number of nitrogens with zero attached hydrogens (tertiary/aromatic N) is 1. The first kappa shape index (κ1) is 21.2. The summed E-state index contributed by atoms with van der Waals surface area (Å²) in [6.45, 7) is 2.50. The Labute approximate surface area is 191 Å². The van der Waals surface area contributed by atoms with Gasteiger partial charge in [-0.1, -0.05) is 77.5 Å². The van der Waals surface area contributed by atoms with Gasteiger partial charge >= 0.3 is 0 Å². The molecule has 0 saturated carbocycles. The SMILES string of the molecule is Cc1ccc(CSC2=N/C(=C\c3cccc(OCc4ccc(Cl)cc4)c3)C(=O)N2)cc1. The first-order valence-electron chi connectivity index (χ1n) is 9.82. The zero-order valence-electron chi connectivity index (χ0n) is 17.0. The molecule has 1 aliphatic heterocycles. The molecule has 0 bridgehead atoms. The summed E-state index contributed by atoms with van der Waals surface area (Å²) in [5.41, 5.74) is 4.69. The quantitative estimate of drug-likeness (QED) is 0.471. The molecular weight excluding hydrogens is 428 g/mol. The predicted molar refractivity (Wildman–Crippen MR) is 128 cm³/mol. The standard InChI is InChI=1S/C25H21ClN2O2S/c1-17-5-7-19(8-6-17)16-31-25-27-23(24(29)28-25)14-20-3-2-4-22(13-20)30-15-18-9-11-21(26)12-10-18/h2-14H,15-16H2,1H3,(H,27,28,29)/b23-14-. The van der Waals surface area contributed by atoms with E-state index < -0.39 is 0 Å². The summed E-state index contributed by atoms with van der Waals surface area (Å²) in [5.74, 6) is 1.28. The summed E-state index contributed by atoms with van der Waals surface area (Å²) in [6, 6.07) is 23.5. The minimum Gasteiger partial charge on any atom is -0.489 e. The number of benzene rings is 3. The van der Waals surface area contributed by atoms with Gasteiger partial charge in [0.15, 0.2) is 5.17 Å². The molecule has 0 saturated heterocycles. The molecule has 0 fully saturated rings. The molecular formula is C25H21ClN2O2S. The first-order valence-corrected chi connectivity index (χ1v) is 11.2. The second kappa shape index (κ2) is 9.86. The van der Waals surface area contributed by atoms with Crippen molar-refractivity contribution in [2.45, 2.75) is 19.3 Å². The number of aryl methyl sites for hydroxylation is 1. The maximum absolute atomic E-state index is 12.3. The topological polar surface area (TPSA) is 50.7 Å². The van der Waals surface area contributed by atoms with E-state index >= 15 is 0 Å². The van der Waals surface area contributed by atoms with Gasteiger partial charge in [-0.05, 0) is 54.0 Å². The van der Waals surface area contributed by atoms with Gasteiger partial charge < -0.3 is 4.74 Å². The van der Waals surface area contributed by atoms with Crippen molar-refractivity contribution in [2.24, 2.45) is 4.99 Å². The number of hydrogen-bond acceptors (Lipinski definition) is 4. The summed E-state index contributed by atoms with van der Waals surface area (Å²) in [7, 11) is 0. The number of amidine groups is 1. The molecule has 1 heterocycles. The van der Waals surface area contributed by atoms with Crippen molar-refractivity contribution in [2.75, 3.05) is 0 Å². The molecule has 0 atom stereocenters.